The number of benzene rings is 1. The van der Waals surface area contributed by atoms with Crippen LogP contribution in [0.25, 0.3) is 0 Å². The molecule has 1 aromatic carbocycles. The monoisotopic (exact) mass is 261 g/mol. The normalized spacial score (nSPS) is 14.4. The van der Waals surface area contributed by atoms with Crippen molar-refractivity contribution in [3.63, 3.8) is 0 Å². The standard InChI is InChI=1S/C14H19N3S/c1-3-13(15)14(11-9-16-17(2)10-11)18-12-7-5-4-6-8-12/h4-10,13-14H,3,15H2,1-2H3. The molecule has 2 unspecified atom stereocenters. The second-order valence-corrected chi connectivity index (χ2v) is 5.59. The maximum atomic E-state index is 6.25. The predicted octanol–water partition coefficient (Wildman–Crippen LogP) is 2.99. The minimum absolute atomic E-state index is 0.138. The van der Waals surface area contributed by atoms with Crippen LogP contribution < -0.4 is 5.73 Å². The van der Waals surface area contributed by atoms with Gasteiger partial charge >= 0.3 is 0 Å². The third kappa shape index (κ3) is 3.15. The van der Waals surface area contributed by atoms with Crippen LogP contribution in [0.4, 0.5) is 0 Å². The zero-order chi connectivity index (χ0) is 13.0. The quantitative estimate of drug-likeness (QED) is 0.841. The van der Waals surface area contributed by atoms with Gasteiger partial charge in [0.1, 0.15) is 0 Å². The number of nitrogens with zero attached hydrogens (tertiary/aromatic N) is 2. The Bertz CT molecular complexity index is 481. The summed E-state index contributed by atoms with van der Waals surface area (Å²) in [7, 11) is 1.94. The van der Waals surface area contributed by atoms with Crippen molar-refractivity contribution >= 4 is 11.8 Å². The molecule has 0 saturated heterocycles. The van der Waals surface area contributed by atoms with Gasteiger partial charge in [-0.2, -0.15) is 5.10 Å². The van der Waals surface area contributed by atoms with Gasteiger partial charge in [-0.15, -0.1) is 11.8 Å². The summed E-state index contributed by atoms with van der Waals surface area (Å²) in [6.07, 6.45) is 4.92. The third-order valence-electron chi connectivity index (χ3n) is 2.92. The van der Waals surface area contributed by atoms with Crippen LogP contribution in [0.5, 0.6) is 0 Å². The molecular formula is C14H19N3S. The van der Waals surface area contributed by atoms with Crippen LogP contribution in [0, 0.1) is 0 Å². The molecule has 1 aromatic heterocycles. The minimum Gasteiger partial charge on any atom is -0.326 e. The maximum absolute atomic E-state index is 6.25. The molecule has 3 nitrogen and oxygen atoms in total. The van der Waals surface area contributed by atoms with E-state index in [1.807, 2.05) is 35.8 Å². The number of aromatic nitrogens is 2. The fourth-order valence-corrected chi connectivity index (χ4v) is 3.08. The van der Waals surface area contributed by atoms with Crippen LogP contribution >= 0.6 is 11.8 Å². The largest absolute Gasteiger partial charge is 0.326 e. The lowest BCUT2D eigenvalue weighted by atomic mass is 10.1. The van der Waals surface area contributed by atoms with Crippen molar-refractivity contribution in [2.24, 2.45) is 12.8 Å². The fourth-order valence-electron chi connectivity index (χ4n) is 1.85. The van der Waals surface area contributed by atoms with Gasteiger partial charge < -0.3 is 5.73 Å². The molecule has 0 aliphatic carbocycles. The zero-order valence-corrected chi connectivity index (χ0v) is 11.6. The summed E-state index contributed by atoms with van der Waals surface area (Å²) in [5.74, 6) is 0. The topological polar surface area (TPSA) is 43.8 Å². The Morgan fingerprint density at radius 3 is 2.61 bits per heavy atom. The third-order valence-corrected chi connectivity index (χ3v) is 4.34. The molecule has 0 aliphatic rings. The average molecular weight is 261 g/mol. The van der Waals surface area contributed by atoms with Crippen molar-refractivity contribution in [3.05, 3.63) is 48.3 Å². The van der Waals surface area contributed by atoms with Crippen molar-refractivity contribution in [1.29, 1.82) is 0 Å². The Kier molecular flexibility index (Phi) is 4.44. The Hall–Kier alpha value is -1.26. The molecular weight excluding hydrogens is 242 g/mol. The van der Waals surface area contributed by atoms with Gasteiger partial charge in [0, 0.05) is 29.7 Å². The lowest BCUT2D eigenvalue weighted by Gasteiger charge is -2.21. The first-order chi connectivity index (χ1) is 8.70. The lowest BCUT2D eigenvalue weighted by Crippen LogP contribution is -2.25. The van der Waals surface area contributed by atoms with Gasteiger partial charge in [0.05, 0.1) is 11.4 Å². The molecule has 0 fully saturated rings. The van der Waals surface area contributed by atoms with E-state index in [0.717, 1.165) is 6.42 Å². The number of rotatable bonds is 5. The van der Waals surface area contributed by atoms with Crippen molar-refractivity contribution in [3.8, 4) is 0 Å². The predicted molar refractivity (Wildman–Crippen MR) is 76.5 cm³/mol. The van der Waals surface area contributed by atoms with Gasteiger partial charge in [-0.25, -0.2) is 0 Å². The van der Waals surface area contributed by atoms with E-state index in [1.54, 1.807) is 0 Å². The summed E-state index contributed by atoms with van der Waals surface area (Å²) in [5.41, 5.74) is 7.44. The molecule has 1 heterocycles. The smallest absolute Gasteiger partial charge is 0.0533 e. The Labute approximate surface area is 112 Å². The van der Waals surface area contributed by atoms with Crippen LogP contribution in [0.3, 0.4) is 0 Å². The van der Waals surface area contributed by atoms with Gasteiger partial charge in [0.15, 0.2) is 0 Å². The molecule has 2 rings (SSSR count). The minimum atomic E-state index is 0.138. The van der Waals surface area contributed by atoms with Gasteiger partial charge in [-0.05, 0) is 18.6 Å². The van der Waals surface area contributed by atoms with Crippen LogP contribution in [0.1, 0.15) is 24.2 Å². The highest BCUT2D eigenvalue weighted by atomic mass is 32.2. The Balaban J connectivity index is 2.21. The molecule has 96 valence electrons. The number of aryl methyl sites for hydroxylation is 1. The van der Waals surface area contributed by atoms with Gasteiger partial charge in [0.2, 0.25) is 0 Å². The van der Waals surface area contributed by atoms with E-state index in [4.69, 9.17) is 5.73 Å². The van der Waals surface area contributed by atoms with E-state index in [0.29, 0.717) is 0 Å². The SMILES string of the molecule is CCC(N)C(Sc1ccccc1)c1cnn(C)c1. The van der Waals surface area contributed by atoms with Crippen molar-refractivity contribution in [2.75, 3.05) is 0 Å². The summed E-state index contributed by atoms with van der Waals surface area (Å²) in [5, 5.41) is 4.50. The number of nitrogens with two attached hydrogens (primary N) is 1. The highest BCUT2D eigenvalue weighted by Gasteiger charge is 2.21. The average Bonchev–Trinajstić information content (AvgIpc) is 2.83. The Morgan fingerprint density at radius 1 is 1.33 bits per heavy atom. The van der Waals surface area contributed by atoms with E-state index in [9.17, 15) is 0 Å². The maximum Gasteiger partial charge on any atom is 0.0533 e. The highest BCUT2D eigenvalue weighted by molar-refractivity contribution is 7.99. The molecule has 0 amide bonds. The molecule has 2 aromatic rings. The van der Waals surface area contributed by atoms with Crippen LogP contribution in [-0.4, -0.2) is 15.8 Å². The molecule has 2 N–H and O–H groups in total. The van der Waals surface area contributed by atoms with Crippen LogP contribution in [-0.2, 0) is 7.05 Å². The van der Waals surface area contributed by atoms with E-state index in [-0.39, 0.29) is 11.3 Å². The molecule has 2 atom stereocenters. The van der Waals surface area contributed by atoms with Crippen molar-refractivity contribution < 1.29 is 0 Å². The summed E-state index contributed by atoms with van der Waals surface area (Å²) >= 11 is 1.81. The fraction of sp³-hybridized carbons (Fsp3) is 0.357. The van der Waals surface area contributed by atoms with Gasteiger partial charge in [-0.3, -0.25) is 4.68 Å². The van der Waals surface area contributed by atoms with E-state index >= 15 is 0 Å². The molecule has 0 saturated carbocycles. The molecule has 0 spiro atoms. The first kappa shape index (κ1) is 13.2. The summed E-state index contributed by atoms with van der Waals surface area (Å²) in [4.78, 5) is 1.25. The summed E-state index contributed by atoms with van der Waals surface area (Å²) in [6, 6.07) is 10.5. The second kappa shape index (κ2) is 6.07. The van der Waals surface area contributed by atoms with E-state index in [1.165, 1.54) is 10.5 Å². The van der Waals surface area contributed by atoms with Crippen LogP contribution in [0.15, 0.2) is 47.6 Å². The van der Waals surface area contributed by atoms with Crippen molar-refractivity contribution in [2.45, 2.75) is 29.5 Å². The van der Waals surface area contributed by atoms with Crippen LogP contribution in [0.2, 0.25) is 0 Å². The summed E-state index contributed by atoms with van der Waals surface area (Å²) < 4.78 is 1.83. The van der Waals surface area contributed by atoms with Crippen molar-refractivity contribution in [1.82, 2.24) is 9.78 Å². The highest BCUT2D eigenvalue weighted by Crippen LogP contribution is 2.37. The molecule has 0 bridgehead atoms. The molecule has 18 heavy (non-hydrogen) atoms. The first-order valence-electron chi connectivity index (χ1n) is 6.16. The molecule has 0 aliphatic heterocycles. The summed E-state index contributed by atoms with van der Waals surface area (Å²) in [6.45, 7) is 2.12. The Morgan fingerprint density at radius 2 is 2.06 bits per heavy atom. The van der Waals surface area contributed by atoms with Gasteiger partial charge in [-0.1, -0.05) is 25.1 Å². The number of hydrogen-bond acceptors (Lipinski definition) is 3. The van der Waals surface area contributed by atoms with Gasteiger partial charge in [0.25, 0.3) is 0 Å². The van der Waals surface area contributed by atoms with E-state index < -0.39 is 0 Å². The number of thioether (sulfide) groups is 1. The second-order valence-electron chi connectivity index (χ2n) is 4.37. The molecule has 0 radical (unpaired) electrons. The lowest BCUT2D eigenvalue weighted by molar-refractivity contribution is 0.633. The zero-order valence-electron chi connectivity index (χ0n) is 10.8. The first-order valence-corrected chi connectivity index (χ1v) is 7.04. The van der Waals surface area contributed by atoms with E-state index in [2.05, 4.69) is 42.5 Å². The number of hydrogen-bond donors (Lipinski definition) is 1. The molecule has 4 heteroatoms.